The van der Waals surface area contributed by atoms with E-state index in [0.29, 0.717) is 11.5 Å². The first kappa shape index (κ1) is 22.2. The molecule has 0 radical (unpaired) electrons. The van der Waals surface area contributed by atoms with Crippen LogP contribution in [0.15, 0.2) is 60.9 Å². The third kappa shape index (κ3) is 4.42. The summed E-state index contributed by atoms with van der Waals surface area (Å²) in [6, 6.07) is 16.3. The van der Waals surface area contributed by atoms with Crippen LogP contribution >= 0.6 is 0 Å². The topological polar surface area (TPSA) is 64.6 Å². The van der Waals surface area contributed by atoms with Gasteiger partial charge < -0.3 is 15.1 Å². The van der Waals surface area contributed by atoms with Crippen molar-refractivity contribution in [2.24, 2.45) is 0 Å². The molecule has 0 unspecified atom stereocenters. The molecule has 7 heteroatoms. The summed E-state index contributed by atoms with van der Waals surface area (Å²) < 4.78 is 0. The van der Waals surface area contributed by atoms with Crippen LogP contribution in [-0.4, -0.2) is 48.2 Å². The van der Waals surface area contributed by atoms with E-state index in [0.717, 1.165) is 49.5 Å². The number of amides is 2. The highest BCUT2D eigenvalue weighted by Gasteiger charge is 2.31. The molecule has 34 heavy (non-hydrogen) atoms. The molecule has 176 valence electrons. The van der Waals surface area contributed by atoms with Gasteiger partial charge in [0.15, 0.2) is 5.82 Å². The molecule has 0 bridgehead atoms. The van der Waals surface area contributed by atoms with E-state index in [1.165, 1.54) is 18.5 Å². The summed E-state index contributed by atoms with van der Waals surface area (Å²) in [6.07, 6.45) is 6.71. The molecule has 2 amide bonds. The van der Waals surface area contributed by atoms with Gasteiger partial charge in [0.25, 0.3) is 0 Å². The minimum absolute atomic E-state index is 0.00524. The first-order valence-electron chi connectivity index (χ1n) is 12.3. The number of rotatable bonds is 4. The second-order valence-corrected chi connectivity index (χ2v) is 9.04. The Kier molecular flexibility index (Phi) is 6.34. The number of anilines is 4. The van der Waals surface area contributed by atoms with E-state index in [-0.39, 0.29) is 12.1 Å². The lowest BCUT2D eigenvalue weighted by Gasteiger charge is -2.28. The molecule has 0 saturated carbocycles. The number of fused-ring (bicyclic) bond motifs is 1. The van der Waals surface area contributed by atoms with Crippen LogP contribution in [0.3, 0.4) is 0 Å². The predicted octanol–water partition coefficient (Wildman–Crippen LogP) is 5.40. The van der Waals surface area contributed by atoms with Crippen LogP contribution < -0.4 is 20.0 Å². The van der Waals surface area contributed by atoms with Crippen LogP contribution in [0, 0.1) is 0 Å². The molecule has 4 heterocycles. The highest BCUT2D eigenvalue weighted by Crippen LogP contribution is 2.36. The van der Waals surface area contributed by atoms with Gasteiger partial charge in [0.1, 0.15) is 0 Å². The lowest BCUT2D eigenvalue weighted by Crippen LogP contribution is -2.42. The van der Waals surface area contributed by atoms with Gasteiger partial charge in [-0.3, -0.25) is 9.88 Å². The highest BCUT2D eigenvalue weighted by atomic mass is 16.2. The van der Waals surface area contributed by atoms with Crippen molar-refractivity contribution < 1.29 is 4.79 Å². The number of aromatic nitrogens is 2. The third-order valence-corrected chi connectivity index (χ3v) is 6.81. The Morgan fingerprint density at radius 3 is 2.71 bits per heavy atom. The summed E-state index contributed by atoms with van der Waals surface area (Å²) in [6.45, 7) is 8.19. The van der Waals surface area contributed by atoms with Crippen molar-refractivity contribution in [3.63, 3.8) is 0 Å². The Labute approximate surface area is 201 Å². The zero-order valence-corrected chi connectivity index (χ0v) is 19.9. The van der Waals surface area contributed by atoms with Gasteiger partial charge in [-0.2, -0.15) is 0 Å². The number of urea groups is 1. The van der Waals surface area contributed by atoms with Crippen LogP contribution in [0.5, 0.6) is 0 Å². The standard InChI is InChI=1S/C27H32N6O/c1-3-31-17-13-20(2)33(27(34)29-22-9-7-14-28-19-22)26-25(31)12-11-24(30-26)21-8-6-10-23(18-21)32-15-4-5-16-32/h6-12,14,18-20H,3-5,13,15-17H2,1-2H3,(H,29,34)/t20-/m1/s1. The van der Waals surface area contributed by atoms with E-state index in [2.05, 4.69) is 70.3 Å². The van der Waals surface area contributed by atoms with Crippen LogP contribution in [0.25, 0.3) is 11.3 Å². The highest BCUT2D eigenvalue weighted by molar-refractivity contribution is 6.03. The average molecular weight is 457 g/mol. The van der Waals surface area contributed by atoms with Crippen molar-refractivity contribution in [1.29, 1.82) is 0 Å². The van der Waals surface area contributed by atoms with Gasteiger partial charge >= 0.3 is 6.03 Å². The van der Waals surface area contributed by atoms with Gasteiger partial charge in [0.2, 0.25) is 0 Å². The van der Waals surface area contributed by atoms with Crippen LogP contribution in [0.1, 0.15) is 33.1 Å². The minimum atomic E-state index is -0.185. The van der Waals surface area contributed by atoms with Crippen molar-refractivity contribution in [3.05, 3.63) is 60.9 Å². The Bertz CT molecular complexity index is 1140. The van der Waals surface area contributed by atoms with Crippen LogP contribution in [0.2, 0.25) is 0 Å². The van der Waals surface area contributed by atoms with Gasteiger partial charge in [0, 0.05) is 49.7 Å². The Hall–Kier alpha value is -3.61. The fourth-order valence-electron chi connectivity index (χ4n) is 4.91. The van der Waals surface area contributed by atoms with Crippen molar-refractivity contribution in [1.82, 2.24) is 9.97 Å². The molecular formula is C27H32N6O. The lowest BCUT2D eigenvalue weighted by atomic mass is 10.1. The van der Waals surface area contributed by atoms with Crippen LogP contribution in [0.4, 0.5) is 27.7 Å². The SMILES string of the molecule is CCN1CC[C@@H](C)N(C(=O)Nc2cccnc2)c2nc(-c3cccc(N4CCCC4)c3)ccc21. The van der Waals surface area contributed by atoms with Crippen molar-refractivity contribution >= 4 is 28.9 Å². The fraction of sp³-hybridized carbons (Fsp3) is 0.370. The molecule has 0 spiro atoms. The first-order chi connectivity index (χ1) is 16.6. The van der Waals surface area contributed by atoms with E-state index in [9.17, 15) is 4.79 Å². The second-order valence-electron chi connectivity index (χ2n) is 9.04. The summed E-state index contributed by atoms with van der Waals surface area (Å²) in [5.41, 5.74) is 4.85. The molecule has 3 aromatic rings. The number of hydrogen-bond acceptors (Lipinski definition) is 5. The zero-order chi connectivity index (χ0) is 23.5. The van der Waals surface area contributed by atoms with Gasteiger partial charge in [-0.1, -0.05) is 12.1 Å². The number of nitrogens with zero attached hydrogens (tertiary/aromatic N) is 5. The third-order valence-electron chi connectivity index (χ3n) is 6.81. The Balaban J connectivity index is 1.54. The number of carbonyl (C=O) groups excluding carboxylic acids is 1. The summed E-state index contributed by atoms with van der Waals surface area (Å²) in [5, 5.41) is 3.01. The maximum atomic E-state index is 13.5. The second kappa shape index (κ2) is 9.71. The quantitative estimate of drug-likeness (QED) is 0.569. The molecule has 2 aromatic heterocycles. The van der Waals surface area contributed by atoms with E-state index >= 15 is 0 Å². The number of pyridine rings is 2. The molecule has 1 fully saturated rings. The molecule has 1 N–H and O–H groups in total. The van der Waals surface area contributed by atoms with Gasteiger partial charge in [-0.05, 0) is 69.5 Å². The van der Waals surface area contributed by atoms with Crippen molar-refractivity contribution in [2.75, 3.05) is 46.2 Å². The molecule has 5 rings (SSSR count). The maximum Gasteiger partial charge on any atom is 0.327 e. The lowest BCUT2D eigenvalue weighted by molar-refractivity contribution is 0.255. The molecule has 0 aliphatic carbocycles. The molecule has 1 aromatic carbocycles. The molecule has 1 saturated heterocycles. The Morgan fingerprint density at radius 2 is 1.94 bits per heavy atom. The van der Waals surface area contributed by atoms with Gasteiger partial charge in [0.05, 0.1) is 23.3 Å². The number of carbonyl (C=O) groups is 1. The number of benzene rings is 1. The summed E-state index contributed by atoms with van der Waals surface area (Å²) >= 11 is 0. The monoisotopic (exact) mass is 456 g/mol. The molecule has 2 aliphatic rings. The first-order valence-corrected chi connectivity index (χ1v) is 12.3. The summed E-state index contributed by atoms with van der Waals surface area (Å²) in [7, 11) is 0. The maximum absolute atomic E-state index is 13.5. The molecule has 7 nitrogen and oxygen atoms in total. The number of nitrogens with one attached hydrogen (secondary N) is 1. The smallest absolute Gasteiger partial charge is 0.327 e. The largest absolute Gasteiger partial charge is 0.372 e. The van der Waals surface area contributed by atoms with Gasteiger partial charge in [-0.25, -0.2) is 9.78 Å². The van der Waals surface area contributed by atoms with E-state index in [1.54, 1.807) is 12.4 Å². The predicted molar refractivity (Wildman–Crippen MR) is 139 cm³/mol. The van der Waals surface area contributed by atoms with Crippen LogP contribution in [-0.2, 0) is 0 Å². The summed E-state index contributed by atoms with van der Waals surface area (Å²) in [5.74, 6) is 0.706. The molecule has 1 atom stereocenters. The molecular weight excluding hydrogens is 424 g/mol. The van der Waals surface area contributed by atoms with E-state index < -0.39 is 0 Å². The summed E-state index contributed by atoms with van der Waals surface area (Å²) in [4.78, 5) is 29.3. The average Bonchev–Trinajstić information content (AvgIpc) is 3.36. The van der Waals surface area contributed by atoms with Crippen molar-refractivity contribution in [2.45, 2.75) is 39.2 Å². The minimum Gasteiger partial charge on any atom is -0.372 e. The normalized spacial score (nSPS) is 17.9. The zero-order valence-electron chi connectivity index (χ0n) is 19.9. The Morgan fingerprint density at radius 1 is 1.09 bits per heavy atom. The van der Waals surface area contributed by atoms with Crippen molar-refractivity contribution in [3.8, 4) is 11.3 Å². The fourth-order valence-corrected chi connectivity index (χ4v) is 4.91. The molecule has 2 aliphatic heterocycles. The van der Waals surface area contributed by atoms with Gasteiger partial charge in [-0.15, -0.1) is 0 Å². The number of hydrogen-bond donors (Lipinski definition) is 1. The van der Waals surface area contributed by atoms with E-state index in [1.807, 2.05) is 17.0 Å². The van der Waals surface area contributed by atoms with E-state index in [4.69, 9.17) is 4.98 Å².